The number of benzene rings is 10. The van der Waals surface area contributed by atoms with Crippen LogP contribution in [0.25, 0.3) is 82.4 Å². The monoisotopic (exact) mass is 738 g/mol. The largest absolute Gasteiger partial charge is 0.310 e. The van der Waals surface area contributed by atoms with E-state index in [1.165, 1.54) is 65.7 Å². The van der Waals surface area contributed by atoms with Crippen molar-refractivity contribution in [3.05, 3.63) is 231 Å². The molecule has 0 spiro atoms. The van der Waals surface area contributed by atoms with Crippen LogP contribution in [-0.4, -0.2) is 4.57 Å². The van der Waals surface area contributed by atoms with Gasteiger partial charge in [-0.25, -0.2) is 0 Å². The Morgan fingerprint density at radius 2 is 0.793 bits per heavy atom. The SMILES string of the molecule is c1ccc(-c2ccccc2-c2ccccc2-c2ccccc2N(c2ccc3c(ccc4ccccc43)c2)c2ccc3c4ccccc4n(-c4ccccc4)c3c2)cc1. The van der Waals surface area contributed by atoms with E-state index in [0.717, 1.165) is 33.8 Å². The highest BCUT2D eigenvalue weighted by molar-refractivity contribution is 6.12. The minimum Gasteiger partial charge on any atom is -0.310 e. The zero-order valence-corrected chi connectivity index (χ0v) is 31.8. The van der Waals surface area contributed by atoms with Gasteiger partial charge in [0.1, 0.15) is 0 Å². The van der Waals surface area contributed by atoms with Gasteiger partial charge in [0.25, 0.3) is 0 Å². The van der Waals surface area contributed by atoms with Crippen LogP contribution < -0.4 is 4.90 Å². The van der Waals surface area contributed by atoms with Crippen molar-refractivity contribution in [3.63, 3.8) is 0 Å². The Hall–Kier alpha value is -7.68. The summed E-state index contributed by atoms with van der Waals surface area (Å²) in [5.41, 5.74) is 13.9. The average molecular weight is 739 g/mol. The summed E-state index contributed by atoms with van der Waals surface area (Å²) in [5.74, 6) is 0. The van der Waals surface area contributed by atoms with Gasteiger partial charge < -0.3 is 9.47 Å². The maximum atomic E-state index is 2.45. The van der Waals surface area contributed by atoms with Crippen LogP contribution in [0.2, 0.25) is 0 Å². The number of para-hydroxylation sites is 3. The molecule has 58 heavy (non-hydrogen) atoms. The van der Waals surface area contributed by atoms with Crippen LogP contribution in [0.3, 0.4) is 0 Å². The molecular formula is C56H38N2. The van der Waals surface area contributed by atoms with Gasteiger partial charge in [-0.3, -0.25) is 0 Å². The molecule has 0 aliphatic rings. The lowest BCUT2D eigenvalue weighted by Gasteiger charge is -2.29. The second-order valence-electron chi connectivity index (χ2n) is 14.9. The molecular weight excluding hydrogens is 701 g/mol. The number of hydrogen-bond donors (Lipinski definition) is 0. The molecule has 10 aromatic carbocycles. The number of rotatable bonds is 7. The second kappa shape index (κ2) is 14.1. The van der Waals surface area contributed by atoms with Crippen molar-refractivity contribution >= 4 is 60.4 Å². The van der Waals surface area contributed by atoms with Gasteiger partial charge in [0.05, 0.1) is 16.7 Å². The Bertz CT molecular complexity index is 3290. The third-order valence-electron chi connectivity index (χ3n) is 11.6. The van der Waals surface area contributed by atoms with Crippen molar-refractivity contribution in [2.24, 2.45) is 0 Å². The minimum atomic E-state index is 1.09. The van der Waals surface area contributed by atoms with Crippen molar-refractivity contribution in [1.29, 1.82) is 0 Å². The molecule has 0 N–H and O–H groups in total. The van der Waals surface area contributed by atoms with E-state index in [0.29, 0.717) is 0 Å². The van der Waals surface area contributed by atoms with E-state index in [9.17, 15) is 0 Å². The van der Waals surface area contributed by atoms with Crippen LogP contribution in [0.4, 0.5) is 17.1 Å². The molecule has 11 aromatic rings. The first kappa shape index (κ1) is 33.6. The van der Waals surface area contributed by atoms with Gasteiger partial charge in [-0.05, 0) is 97.9 Å². The van der Waals surface area contributed by atoms with E-state index in [2.05, 4.69) is 240 Å². The van der Waals surface area contributed by atoms with Gasteiger partial charge in [-0.1, -0.05) is 182 Å². The zero-order valence-electron chi connectivity index (χ0n) is 31.8. The van der Waals surface area contributed by atoms with Crippen LogP contribution in [0.5, 0.6) is 0 Å². The zero-order chi connectivity index (χ0) is 38.4. The highest BCUT2D eigenvalue weighted by atomic mass is 15.1. The van der Waals surface area contributed by atoms with Crippen LogP contribution in [0.1, 0.15) is 0 Å². The first-order valence-corrected chi connectivity index (χ1v) is 19.9. The molecule has 11 rings (SSSR count). The smallest absolute Gasteiger partial charge is 0.0561 e. The molecule has 2 nitrogen and oxygen atoms in total. The molecule has 0 bridgehead atoms. The number of aromatic nitrogens is 1. The number of nitrogens with zero attached hydrogens (tertiary/aromatic N) is 2. The molecule has 0 atom stereocenters. The molecule has 0 unspecified atom stereocenters. The summed E-state index contributed by atoms with van der Waals surface area (Å²) >= 11 is 0. The third kappa shape index (κ3) is 5.66. The fourth-order valence-corrected chi connectivity index (χ4v) is 8.96. The molecule has 0 radical (unpaired) electrons. The van der Waals surface area contributed by atoms with Gasteiger partial charge in [-0.15, -0.1) is 0 Å². The molecule has 1 aromatic heterocycles. The minimum absolute atomic E-state index is 1.09. The van der Waals surface area contributed by atoms with Crippen LogP contribution in [0, 0.1) is 0 Å². The summed E-state index contributed by atoms with van der Waals surface area (Å²) in [6.45, 7) is 0. The predicted octanol–water partition coefficient (Wildman–Crippen LogP) is 15.6. The van der Waals surface area contributed by atoms with E-state index < -0.39 is 0 Å². The Morgan fingerprint density at radius 1 is 0.293 bits per heavy atom. The molecule has 272 valence electrons. The van der Waals surface area contributed by atoms with E-state index >= 15 is 0 Å². The molecule has 1 heterocycles. The summed E-state index contributed by atoms with van der Waals surface area (Å²) in [5, 5.41) is 7.43. The van der Waals surface area contributed by atoms with Gasteiger partial charge in [0.15, 0.2) is 0 Å². The average Bonchev–Trinajstić information content (AvgIpc) is 3.63. The molecule has 0 aliphatic carbocycles. The van der Waals surface area contributed by atoms with E-state index in [1.807, 2.05) is 0 Å². The number of anilines is 3. The Balaban J connectivity index is 1.17. The number of fused-ring (bicyclic) bond motifs is 6. The first-order valence-electron chi connectivity index (χ1n) is 19.9. The summed E-state index contributed by atoms with van der Waals surface area (Å²) in [6.07, 6.45) is 0. The molecule has 0 fully saturated rings. The summed E-state index contributed by atoms with van der Waals surface area (Å²) in [6, 6.07) is 83.8. The van der Waals surface area contributed by atoms with Crippen molar-refractivity contribution in [2.45, 2.75) is 0 Å². The van der Waals surface area contributed by atoms with Crippen molar-refractivity contribution in [2.75, 3.05) is 4.90 Å². The van der Waals surface area contributed by atoms with Crippen molar-refractivity contribution in [3.8, 4) is 39.1 Å². The van der Waals surface area contributed by atoms with Crippen LogP contribution in [0.15, 0.2) is 231 Å². The van der Waals surface area contributed by atoms with Gasteiger partial charge >= 0.3 is 0 Å². The maximum absolute atomic E-state index is 2.45. The molecule has 0 saturated carbocycles. The highest BCUT2D eigenvalue weighted by Gasteiger charge is 2.22. The predicted molar refractivity (Wildman–Crippen MR) is 247 cm³/mol. The molecule has 0 aliphatic heterocycles. The lowest BCUT2D eigenvalue weighted by Crippen LogP contribution is -2.11. The summed E-state index contributed by atoms with van der Waals surface area (Å²) in [7, 11) is 0. The highest BCUT2D eigenvalue weighted by Crippen LogP contribution is 2.47. The third-order valence-corrected chi connectivity index (χ3v) is 11.6. The summed E-state index contributed by atoms with van der Waals surface area (Å²) in [4.78, 5) is 2.45. The second-order valence-corrected chi connectivity index (χ2v) is 14.9. The van der Waals surface area contributed by atoms with Crippen molar-refractivity contribution < 1.29 is 0 Å². The Morgan fingerprint density at radius 3 is 1.57 bits per heavy atom. The fourth-order valence-electron chi connectivity index (χ4n) is 8.96. The quantitative estimate of drug-likeness (QED) is 0.148. The Labute approximate surface area is 338 Å². The van der Waals surface area contributed by atoms with Gasteiger partial charge in [0, 0.05) is 33.4 Å². The molecule has 0 saturated heterocycles. The van der Waals surface area contributed by atoms with E-state index in [4.69, 9.17) is 0 Å². The van der Waals surface area contributed by atoms with Crippen molar-refractivity contribution in [1.82, 2.24) is 4.57 Å². The van der Waals surface area contributed by atoms with Gasteiger partial charge in [0.2, 0.25) is 0 Å². The lowest BCUT2D eigenvalue weighted by molar-refractivity contribution is 1.18. The Kier molecular flexibility index (Phi) is 8.19. The fraction of sp³-hybridized carbons (Fsp3) is 0. The number of hydrogen-bond acceptors (Lipinski definition) is 1. The van der Waals surface area contributed by atoms with Gasteiger partial charge in [-0.2, -0.15) is 0 Å². The topological polar surface area (TPSA) is 8.17 Å². The lowest BCUT2D eigenvalue weighted by atomic mass is 9.88. The normalized spacial score (nSPS) is 11.4. The van der Waals surface area contributed by atoms with Crippen LogP contribution in [-0.2, 0) is 0 Å². The van der Waals surface area contributed by atoms with Crippen LogP contribution >= 0.6 is 0 Å². The van der Waals surface area contributed by atoms with E-state index in [1.54, 1.807) is 0 Å². The summed E-state index contributed by atoms with van der Waals surface area (Å²) < 4.78 is 2.40. The maximum Gasteiger partial charge on any atom is 0.0561 e. The van der Waals surface area contributed by atoms with E-state index in [-0.39, 0.29) is 0 Å². The molecule has 0 amide bonds. The standard InChI is InChI=1S/C56H38N2/c1-3-17-39(18-4-1)46-23-9-10-24-48(46)49-25-11-12-26-50(49)51-27-13-15-29-54(51)57(43-33-35-47-41(37-43)32-31-40-19-7-8-22-45(40)47)44-34-36-53-52-28-14-16-30-55(52)58(56(53)38-44)42-20-5-2-6-21-42/h1-38H. The molecule has 2 heteroatoms. The first-order chi connectivity index (χ1) is 28.8.